The normalized spacial score (nSPS) is 16.1. The molecule has 8 rings (SSSR count). The molecule has 0 amide bonds. The molecule has 0 aliphatic carbocycles. The fraction of sp³-hybridized carbons (Fsp3) is 0.0250. The zero-order chi connectivity index (χ0) is 39.2. The minimum atomic E-state index is -2.53. The van der Waals surface area contributed by atoms with Crippen molar-refractivity contribution in [2.75, 3.05) is 0 Å². The van der Waals surface area contributed by atoms with Gasteiger partial charge in [-0.2, -0.15) is 0 Å². The summed E-state index contributed by atoms with van der Waals surface area (Å²) in [7, 11) is 0. The minimum absolute atomic E-state index is 0.0428. The summed E-state index contributed by atoms with van der Waals surface area (Å²) in [6.45, 7) is -2.53. The predicted molar refractivity (Wildman–Crippen MR) is 177 cm³/mol. The number of nitrogens with zero attached hydrogens (tertiary/aromatic N) is 2. The standard InChI is InChI=1S/C40H28N2/c1-27-41-37-21-10-11-22-38(37)42(27)32-18-12-17-30(25-32)31-23-24-35-36(26-31)40(29-15-6-3-7-16-29)34-20-9-8-19-33(34)39(35)28-13-4-2-5-14-28/h2-26H,1H3/i1D3,2D,3D,4D,5D,6D,7D,13D,14D,15D,16D. The maximum Gasteiger partial charge on any atom is 0.111 e. The topological polar surface area (TPSA) is 17.8 Å². The van der Waals surface area contributed by atoms with E-state index in [0.29, 0.717) is 60.5 Å². The Bertz CT molecular complexity index is 2870. The Labute approximate surface area is 263 Å². The Hall–Kier alpha value is -5.47. The van der Waals surface area contributed by atoms with E-state index < -0.39 is 67.3 Å². The number of benzene rings is 7. The van der Waals surface area contributed by atoms with Crippen LogP contribution in [-0.2, 0) is 0 Å². The zero-order valence-corrected chi connectivity index (χ0v) is 22.1. The van der Waals surface area contributed by atoms with Crippen LogP contribution in [0.1, 0.15) is 23.6 Å². The first-order valence-corrected chi connectivity index (χ1v) is 13.3. The first-order valence-electron chi connectivity index (χ1n) is 19.8. The van der Waals surface area contributed by atoms with Crippen molar-refractivity contribution in [1.82, 2.24) is 9.55 Å². The molecule has 2 nitrogen and oxygen atoms in total. The molecular weight excluding hydrogens is 508 g/mol. The molecule has 0 N–H and O–H groups in total. The van der Waals surface area contributed by atoms with Crippen LogP contribution in [0.15, 0.2) is 151 Å². The van der Waals surface area contributed by atoms with Crippen molar-refractivity contribution in [2.45, 2.75) is 6.85 Å². The number of rotatable bonds is 4. The zero-order valence-electron chi connectivity index (χ0n) is 35.1. The van der Waals surface area contributed by atoms with Crippen LogP contribution >= 0.6 is 0 Å². The van der Waals surface area contributed by atoms with Gasteiger partial charge in [-0.1, -0.05) is 121 Å². The fourth-order valence-electron chi connectivity index (χ4n) is 5.76. The number of imidazole rings is 1. The third-order valence-corrected chi connectivity index (χ3v) is 7.52. The van der Waals surface area contributed by atoms with Crippen molar-refractivity contribution in [3.8, 4) is 39.1 Å². The first-order chi connectivity index (χ1) is 26.1. The predicted octanol–water partition coefficient (Wildman–Crippen LogP) is 10.6. The summed E-state index contributed by atoms with van der Waals surface area (Å²) in [6, 6.07) is 21.7. The lowest BCUT2D eigenvalue weighted by molar-refractivity contribution is 1.00. The van der Waals surface area contributed by atoms with E-state index in [1.807, 2.05) is 12.1 Å². The van der Waals surface area contributed by atoms with Gasteiger partial charge < -0.3 is 0 Å². The SMILES string of the molecule is [2H]c1c([2H])c([2H])c(-c2c3ccccc3c(-c3c([2H])c([2H])c([2H])c([2H])c3[2H])c3cc(-c4cccc(-n5c(C([2H])([2H])[2H])nc6ccccc65)c4)ccc23)c([2H])c1[2H]. The quantitative estimate of drug-likeness (QED) is 0.200. The lowest BCUT2D eigenvalue weighted by Crippen LogP contribution is -1.97. The molecule has 1 heterocycles. The molecule has 0 aliphatic rings. The highest BCUT2D eigenvalue weighted by Crippen LogP contribution is 2.44. The van der Waals surface area contributed by atoms with E-state index in [2.05, 4.69) is 4.98 Å². The van der Waals surface area contributed by atoms with Gasteiger partial charge in [-0.05, 0) is 92.1 Å². The number of hydrogen-bond donors (Lipinski definition) is 0. The van der Waals surface area contributed by atoms with Crippen molar-refractivity contribution in [2.24, 2.45) is 0 Å². The van der Waals surface area contributed by atoms with E-state index in [0.717, 1.165) is 0 Å². The molecule has 1 aromatic heterocycles. The second-order valence-electron chi connectivity index (χ2n) is 9.87. The van der Waals surface area contributed by atoms with Crippen molar-refractivity contribution >= 4 is 32.6 Å². The van der Waals surface area contributed by atoms with Gasteiger partial charge in [0, 0.05) is 9.80 Å². The minimum Gasteiger partial charge on any atom is -0.297 e. The van der Waals surface area contributed by atoms with Gasteiger partial charge in [-0.15, -0.1) is 0 Å². The Morgan fingerprint density at radius 1 is 0.548 bits per heavy atom. The van der Waals surface area contributed by atoms with Gasteiger partial charge in [0.25, 0.3) is 0 Å². The highest BCUT2D eigenvalue weighted by atomic mass is 15.1. The summed E-state index contributed by atoms with van der Waals surface area (Å²) in [5, 5.41) is 1.71. The van der Waals surface area contributed by atoms with Crippen LogP contribution in [0.25, 0.3) is 71.6 Å². The van der Waals surface area contributed by atoms with Crippen LogP contribution in [0.3, 0.4) is 0 Å². The van der Waals surface area contributed by atoms with Crippen molar-refractivity contribution in [3.63, 3.8) is 0 Å². The molecule has 0 aliphatic heterocycles. The second-order valence-corrected chi connectivity index (χ2v) is 9.87. The summed E-state index contributed by atoms with van der Waals surface area (Å²) in [4.78, 5) is 4.44. The molecule has 0 atom stereocenters. The van der Waals surface area contributed by atoms with E-state index >= 15 is 0 Å². The largest absolute Gasteiger partial charge is 0.297 e. The van der Waals surface area contributed by atoms with Crippen LogP contribution in [0.4, 0.5) is 0 Å². The van der Waals surface area contributed by atoms with Crippen molar-refractivity contribution in [1.29, 1.82) is 0 Å². The van der Waals surface area contributed by atoms with Gasteiger partial charge in [0.2, 0.25) is 0 Å². The van der Waals surface area contributed by atoms with Crippen LogP contribution < -0.4 is 0 Å². The maximum atomic E-state index is 8.99. The van der Waals surface area contributed by atoms with Gasteiger partial charge in [-0.25, -0.2) is 4.98 Å². The Morgan fingerprint density at radius 3 is 1.88 bits per heavy atom. The highest BCUT2D eigenvalue weighted by Gasteiger charge is 2.17. The number of hydrogen-bond acceptors (Lipinski definition) is 1. The van der Waals surface area contributed by atoms with E-state index in [-0.39, 0.29) is 17.0 Å². The molecule has 0 bridgehead atoms. The van der Waals surface area contributed by atoms with Crippen LogP contribution in [0.5, 0.6) is 0 Å². The molecule has 198 valence electrons. The Balaban J connectivity index is 1.50. The second kappa shape index (κ2) is 9.87. The van der Waals surface area contributed by atoms with Crippen LogP contribution in [0.2, 0.25) is 0 Å². The average molecular weight is 550 g/mol. The molecule has 7 aromatic carbocycles. The lowest BCUT2D eigenvalue weighted by atomic mass is 9.85. The van der Waals surface area contributed by atoms with Crippen molar-refractivity contribution < 1.29 is 17.8 Å². The van der Waals surface area contributed by atoms with Crippen molar-refractivity contribution in [3.05, 3.63) is 157 Å². The van der Waals surface area contributed by atoms with Crippen LogP contribution in [-0.4, -0.2) is 9.55 Å². The fourth-order valence-corrected chi connectivity index (χ4v) is 5.76. The van der Waals surface area contributed by atoms with Gasteiger partial charge in [-0.3, -0.25) is 4.57 Å². The summed E-state index contributed by atoms with van der Waals surface area (Å²) >= 11 is 0. The first kappa shape index (κ1) is 14.4. The third kappa shape index (κ3) is 3.92. The number of aryl methyl sites for hydroxylation is 1. The van der Waals surface area contributed by atoms with Gasteiger partial charge in [0.05, 0.1) is 24.7 Å². The lowest BCUT2D eigenvalue weighted by Gasteiger charge is -2.19. The van der Waals surface area contributed by atoms with Gasteiger partial charge in [0.1, 0.15) is 5.82 Å². The van der Waals surface area contributed by atoms with E-state index in [1.54, 1.807) is 83.4 Å². The van der Waals surface area contributed by atoms with E-state index in [9.17, 15) is 0 Å². The van der Waals surface area contributed by atoms with Gasteiger partial charge in [0.15, 0.2) is 0 Å². The Kier molecular flexibility index (Phi) is 3.39. The van der Waals surface area contributed by atoms with Crippen LogP contribution in [0, 0.1) is 6.85 Å². The maximum absolute atomic E-state index is 8.99. The molecule has 42 heavy (non-hydrogen) atoms. The number of para-hydroxylation sites is 2. The molecular formula is C40H28N2. The molecule has 0 unspecified atom stereocenters. The summed E-state index contributed by atoms with van der Waals surface area (Å²) in [5.41, 5.74) is 3.44. The third-order valence-electron chi connectivity index (χ3n) is 7.52. The number of aromatic nitrogens is 2. The summed E-state index contributed by atoms with van der Waals surface area (Å²) < 4.78 is 113. The summed E-state index contributed by atoms with van der Waals surface area (Å²) in [6.07, 6.45) is 0. The van der Waals surface area contributed by atoms with Gasteiger partial charge >= 0.3 is 0 Å². The average Bonchev–Trinajstić information content (AvgIpc) is 3.59. The molecule has 0 saturated carbocycles. The molecule has 0 spiro atoms. The Morgan fingerprint density at radius 2 is 1.17 bits per heavy atom. The smallest absolute Gasteiger partial charge is 0.111 e. The number of fused-ring (bicyclic) bond motifs is 3. The molecule has 2 heteroatoms. The monoisotopic (exact) mass is 549 g/mol. The van der Waals surface area contributed by atoms with E-state index in [4.69, 9.17) is 17.8 Å². The molecule has 0 fully saturated rings. The molecule has 0 radical (unpaired) electrons. The summed E-state index contributed by atoms with van der Waals surface area (Å²) in [5.74, 6) is -0.109. The molecule has 0 saturated heterocycles. The van der Waals surface area contributed by atoms with E-state index in [1.165, 1.54) is 0 Å². The molecule has 8 aromatic rings. The highest BCUT2D eigenvalue weighted by molar-refractivity contribution is 6.21.